The second-order valence-electron chi connectivity index (χ2n) is 12.5. The van der Waals surface area contributed by atoms with Crippen molar-refractivity contribution in [3.05, 3.63) is 48.5 Å². The first kappa shape index (κ1) is 35.0. The third kappa shape index (κ3) is 6.93. The van der Waals surface area contributed by atoms with Gasteiger partial charge in [0.05, 0.1) is 17.1 Å². The van der Waals surface area contributed by atoms with Gasteiger partial charge in [-0.1, -0.05) is 12.1 Å². The normalized spacial score (nSPS) is 40.6. The Morgan fingerprint density at radius 2 is 1.35 bits per heavy atom. The number of aromatic amines is 1. The van der Waals surface area contributed by atoms with E-state index in [2.05, 4.69) is 9.97 Å². The zero-order valence-corrected chi connectivity index (χ0v) is 25.9. The number of hydrogen-bond acceptors (Lipinski definition) is 16. The minimum Gasteiger partial charge on any atom is -0.491 e. The second-order valence-corrected chi connectivity index (χ2v) is 12.5. The van der Waals surface area contributed by atoms with Crippen molar-refractivity contribution < 1.29 is 54.3 Å². The molecule has 48 heavy (non-hydrogen) atoms. The van der Waals surface area contributed by atoms with Crippen LogP contribution in [0.4, 0.5) is 0 Å². The molecule has 1 aliphatic carbocycles. The summed E-state index contributed by atoms with van der Waals surface area (Å²) in [5.41, 5.74) is 26.9. The highest BCUT2D eigenvalue weighted by Gasteiger charge is 2.51. The van der Waals surface area contributed by atoms with E-state index in [1.165, 1.54) is 0 Å². The molecule has 17 heteroatoms. The van der Waals surface area contributed by atoms with Crippen LogP contribution in [-0.4, -0.2) is 146 Å². The van der Waals surface area contributed by atoms with E-state index in [1.807, 2.05) is 36.4 Å². The van der Waals surface area contributed by atoms with Gasteiger partial charge in [-0.25, -0.2) is 4.98 Å². The number of H-pyrrole nitrogens is 1. The number of aliphatic hydroxyl groups excluding tert-OH is 6. The van der Waals surface area contributed by atoms with Crippen LogP contribution in [-0.2, 0) is 18.9 Å². The van der Waals surface area contributed by atoms with E-state index in [-0.39, 0.29) is 19.6 Å². The Bertz CT molecular complexity index is 1470. The summed E-state index contributed by atoms with van der Waals surface area (Å²) in [6.45, 7) is -0.336. The molecule has 3 aliphatic rings. The number of para-hydroxylation sites is 2. The molecule has 1 aromatic heterocycles. The molecular formula is C31H44N6O11. The number of ether oxygens (including phenoxy) is 5. The van der Waals surface area contributed by atoms with E-state index in [1.54, 1.807) is 12.1 Å². The number of nitrogens with zero attached hydrogens (tertiary/aromatic N) is 1. The quantitative estimate of drug-likeness (QED) is 0.104. The number of hydrogen-bond donors (Lipinski definition) is 11. The lowest BCUT2D eigenvalue weighted by atomic mass is 9.84. The van der Waals surface area contributed by atoms with Crippen molar-refractivity contribution in [2.45, 2.75) is 98.2 Å². The maximum absolute atomic E-state index is 11.3. The summed E-state index contributed by atoms with van der Waals surface area (Å²) in [6, 6.07) is 11.9. The molecule has 2 saturated heterocycles. The van der Waals surface area contributed by atoms with Crippen LogP contribution < -0.4 is 27.7 Å². The van der Waals surface area contributed by atoms with Crippen molar-refractivity contribution in [2.75, 3.05) is 13.2 Å². The van der Waals surface area contributed by atoms with Crippen LogP contribution in [0.5, 0.6) is 5.75 Å². The fraction of sp³-hybridized carbons (Fsp3) is 0.581. The Morgan fingerprint density at radius 3 is 2.00 bits per heavy atom. The summed E-state index contributed by atoms with van der Waals surface area (Å²) in [6.07, 6.45) is -16.5. The van der Waals surface area contributed by atoms with Crippen molar-refractivity contribution in [3.8, 4) is 17.1 Å². The zero-order valence-electron chi connectivity index (χ0n) is 25.9. The van der Waals surface area contributed by atoms with Gasteiger partial charge in [-0.2, -0.15) is 0 Å². The number of aliphatic hydroxyl groups is 6. The number of nitrogens with two attached hydrogens (primary N) is 4. The number of rotatable bonds is 9. The van der Waals surface area contributed by atoms with Crippen molar-refractivity contribution in [1.82, 2.24) is 9.97 Å². The minimum atomic E-state index is -1.68. The van der Waals surface area contributed by atoms with Crippen molar-refractivity contribution >= 4 is 11.0 Å². The van der Waals surface area contributed by atoms with Gasteiger partial charge < -0.3 is 82.2 Å². The van der Waals surface area contributed by atoms with Crippen LogP contribution in [0.3, 0.4) is 0 Å². The Hall–Kier alpha value is -2.85. The average molecular weight is 677 g/mol. The molecule has 0 amide bonds. The largest absolute Gasteiger partial charge is 0.491 e. The molecule has 17 nitrogen and oxygen atoms in total. The van der Waals surface area contributed by atoms with Crippen LogP contribution in [0.1, 0.15) is 6.42 Å². The highest BCUT2D eigenvalue weighted by atomic mass is 16.7. The van der Waals surface area contributed by atoms with E-state index in [0.717, 1.165) is 16.6 Å². The summed E-state index contributed by atoms with van der Waals surface area (Å²) in [5.74, 6) is 1.17. The Kier molecular flexibility index (Phi) is 10.6. The van der Waals surface area contributed by atoms with Gasteiger partial charge in [0.2, 0.25) is 0 Å². The predicted octanol–water partition coefficient (Wildman–Crippen LogP) is -3.66. The first-order valence-corrected chi connectivity index (χ1v) is 15.8. The Labute approximate surface area is 275 Å². The van der Waals surface area contributed by atoms with Gasteiger partial charge in [-0.05, 0) is 42.8 Å². The molecule has 6 unspecified atom stereocenters. The average Bonchev–Trinajstić information content (AvgIpc) is 3.52. The molecule has 3 fully saturated rings. The molecule has 15 atom stereocenters. The molecule has 1 saturated carbocycles. The summed E-state index contributed by atoms with van der Waals surface area (Å²) >= 11 is 0. The monoisotopic (exact) mass is 676 g/mol. The number of benzene rings is 2. The van der Waals surface area contributed by atoms with E-state index >= 15 is 0 Å². The first-order chi connectivity index (χ1) is 23.0. The Morgan fingerprint density at radius 1 is 0.729 bits per heavy atom. The SMILES string of the molecule is NCC1O[C@H](O[C@@H]2C(N)C[C@@H](N)C(O[C@H]3OC(COc4ccc(-c5nc6ccccc6[nH]5)cc4)[C@@H](O)C(N)[C@H]3O)[C@H]2O)C(O)[C@@H](O)[C@@H]1O. The van der Waals surface area contributed by atoms with Gasteiger partial charge in [-0.3, -0.25) is 0 Å². The van der Waals surface area contributed by atoms with E-state index in [9.17, 15) is 30.6 Å². The summed E-state index contributed by atoms with van der Waals surface area (Å²) < 4.78 is 29.1. The van der Waals surface area contributed by atoms with E-state index in [0.29, 0.717) is 11.6 Å². The molecule has 3 heterocycles. The fourth-order valence-electron chi connectivity index (χ4n) is 6.36. The number of fused-ring (bicyclic) bond motifs is 1. The van der Waals surface area contributed by atoms with Crippen LogP contribution >= 0.6 is 0 Å². The van der Waals surface area contributed by atoms with Gasteiger partial charge in [0.15, 0.2) is 12.6 Å². The lowest BCUT2D eigenvalue weighted by Crippen LogP contribution is -2.68. The van der Waals surface area contributed by atoms with Crippen LogP contribution in [0.2, 0.25) is 0 Å². The maximum Gasteiger partial charge on any atom is 0.187 e. The molecule has 15 N–H and O–H groups in total. The predicted molar refractivity (Wildman–Crippen MR) is 168 cm³/mol. The lowest BCUT2D eigenvalue weighted by molar-refractivity contribution is -0.331. The molecule has 6 rings (SSSR count). The molecule has 0 radical (unpaired) electrons. The molecule has 0 bridgehead atoms. The smallest absolute Gasteiger partial charge is 0.187 e. The van der Waals surface area contributed by atoms with Crippen molar-refractivity contribution in [1.29, 1.82) is 0 Å². The van der Waals surface area contributed by atoms with Gasteiger partial charge in [0, 0.05) is 24.2 Å². The van der Waals surface area contributed by atoms with Crippen molar-refractivity contribution in [2.24, 2.45) is 22.9 Å². The first-order valence-electron chi connectivity index (χ1n) is 15.8. The van der Waals surface area contributed by atoms with E-state index < -0.39 is 91.7 Å². The highest BCUT2D eigenvalue weighted by Crippen LogP contribution is 2.32. The third-order valence-electron chi connectivity index (χ3n) is 9.23. The lowest BCUT2D eigenvalue weighted by Gasteiger charge is -2.48. The minimum absolute atomic E-state index is 0.0781. The summed E-state index contributed by atoms with van der Waals surface area (Å²) in [5, 5.41) is 63.7. The highest BCUT2D eigenvalue weighted by molar-refractivity contribution is 5.79. The van der Waals surface area contributed by atoms with Gasteiger partial charge in [0.1, 0.15) is 79.2 Å². The molecule has 3 aromatic rings. The number of nitrogens with one attached hydrogen (secondary N) is 1. The standard InChI is InChI=1S/C31H44N6O11/c32-10-18-22(39)24(41)25(42)31(45-18)48-28-15(34)9-14(33)27(26(28)43)47-30-23(40)20(35)21(38)19(46-30)11-44-13-7-5-12(6-8-13)29-36-16-3-1-2-4-17(16)37-29/h1-8,14-15,18-28,30-31,38-43H,9-11,32-35H2,(H,36,37)/t14-,15?,18?,19?,20?,21-,22-,23-,24+,25?,26-,27?,28-,30-,31-/m1/s1. The number of aromatic nitrogens is 2. The summed E-state index contributed by atoms with van der Waals surface area (Å²) in [7, 11) is 0. The molecule has 2 aliphatic heterocycles. The van der Waals surface area contributed by atoms with Gasteiger partial charge in [-0.15, -0.1) is 0 Å². The third-order valence-corrected chi connectivity index (χ3v) is 9.23. The molecular weight excluding hydrogens is 632 g/mol. The summed E-state index contributed by atoms with van der Waals surface area (Å²) in [4.78, 5) is 7.86. The topological polar surface area (TPSA) is 300 Å². The molecule has 2 aromatic carbocycles. The molecule has 264 valence electrons. The van der Waals surface area contributed by atoms with E-state index in [4.69, 9.17) is 46.6 Å². The molecule has 0 spiro atoms. The number of imidazole rings is 1. The Balaban J connectivity index is 1.09. The second kappa shape index (κ2) is 14.6. The maximum atomic E-state index is 11.3. The van der Waals surface area contributed by atoms with Crippen LogP contribution in [0, 0.1) is 0 Å². The fourth-order valence-corrected chi connectivity index (χ4v) is 6.36. The van der Waals surface area contributed by atoms with Crippen molar-refractivity contribution in [3.63, 3.8) is 0 Å². The zero-order chi connectivity index (χ0) is 34.3. The van der Waals surface area contributed by atoms with Gasteiger partial charge >= 0.3 is 0 Å². The van der Waals surface area contributed by atoms with Gasteiger partial charge in [0.25, 0.3) is 0 Å². The van der Waals surface area contributed by atoms with Crippen LogP contribution in [0.25, 0.3) is 22.4 Å². The van der Waals surface area contributed by atoms with Crippen LogP contribution in [0.15, 0.2) is 48.5 Å².